The third-order valence-electron chi connectivity index (χ3n) is 5.05. The zero-order valence-electron chi connectivity index (χ0n) is 18.0. The molecule has 1 N–H and O–H groups in total. The van der Waals surface area contributed by atoms with E-state index in [0.29, 0.717) is 36.8 Å². The third kappa shape index (κ3) is 7.08. The minimum Gasteiger partial charge on any atom is -0.493 e. The van der Waals surface area contributed by atoms with E-state index in [2.05, 4.69) is 15.0 Å². The summed E-state index contributed by atoms with van der Waals surface area (Å²) >= 11 is 6.04. The summed E-state index contributed by atoms with van der Waals surface area (Å²) in [4.78, 5) is 28.4. The van der Waals surface area contributed by atoms with E-state index in [1.807, 2.05) is 24.3 Å². The summed E-state index contributed by atoms with van der Waals surface area (Å²) in [5, 5.41) is 3.23. The van der Waals surface area contributed by atoms with E-state index >= 15 is 0 Å². The Balaban J connectivity index is 1.46. The van der Waals surface area contributed by atoms with Gasteiger partial charge in [0.25, 0.3) is 0 Å². The molecule has 10 heteroatoms. The summed E-state index contributed by atoms with van der Waals surface area (Å²) in [6.45, 7) is -0.651. The molecular weight excluding hydrogens is 456 g/mol. The van der Waals surface area contributed by atoms with Crippen LogP contribution in [0.3, 0.4) is 0 Å². The monoisotopic (exact) mass is 479 g/mol. The number of alkyl halides is 2. The number of carbonyl (C=O) groups is 2. The van der Waals surface area contributed by atoms with Crippen molar-refractivity contribution < 1.29 is 27.8 Å². The average molecular weight is 480 g/mol. The molecular formula is C23H24ClF2N3O4. The van der Waals surface area contributed by atoms with E-state index in [0.717, 1.165) is 5.69 Å². The zero-order valence-corrected chi connectivity index (χ0v) is 18.7. The summed E-state index contributed by atoms with van der Waals surface area (Å²) in [7, 11) is 1.33. The van der Waals surface area contributed by atoms with Crippen LogP contribution in [0.4, 0.5) is 14.5 Å². The van der Waals surface area contributed by atoms with Gasteiger partial charge in [-0.1, -0.05) is 23.7 Å². The Bertz CT molecular complexity index is 1010. The highest BCUT2D eigenvalue weighted by molar-refractivity contribution is 6.30. The predicted octanol–water partition coefficient (Wildman–Crippen LogP) is 3.43. The number of rotatable bonds is 8. The number of nitrogens with one attached hydrogen (secondary N) is 1. The molecule has 0 aromatic heterocycles. The second-order valence-electron chi connectivity index (χ2n) is 7.19. The van der Waals surface area contributed by atoms with Crippen LogP contribution in [0, 0.1) is 0 Å². The van der Waals surface area contributed by atoms with Crippen LogP contribution in [0.25, 0.3) is 6.08 Å². The fourth-order valence-electron chi connectivity index (χ4n) is 3.37. The number of hydrogen-bond acceptors (Lipinski definition) is 5. The summed E-state index contributed by atoms with van der Waals surface area (Å²) < 4.78 is 34.2. The fourth-order valence-corrected chi connectivity index (χ4v) is 3.56. The maximum atomic E-state index is 12.4. The second-order valence-corrected chi connectivity index (χ2v) is 7.62. The summed E-state index contributed by atoms with van der Waals surface area (Å²) in [6, 6.07) is 11.9. The van der Waals surface area contributed by atoms with Gasteiger partial charge in [-0.15, -0.1) is 0 Å². The molecule has 1 fully saturated rings. The van der Waals surface area contributed by atoms with Crippen molar-refractivity contribution in [2.45, 2.75) is 6.61 Å². The molecule has 1 heterocycles. The molecule has 0 bridgehead atoms. The van der Waals surface area contributed by atoms with Crippen LogP contribution in [-0.2, 0) is 9.59 Å². The summed E-state index contributed by atoms with van der Waals surface area (Å²) in [5.41, 5.74) is 1.56. The Hall–Kier alpha value is -3.33. The van der Waals surface area contributed by atoms with Gasteiger partial charge in [-0.25, -0.2) is 0 Å². The Labute approximate surface area is 195 Å². The largest absolute Gasteiger partial charge is 0.493 e. The average Bonchev–Trinajstić information content (AvgIpc) is 2.81. The number of nitrogens with zero attached hydrogens (tertiary/aromatic N) is 2. The lowest BCUT2D eigenvalue weighted by molar-refractivity contribution is -0.132. The van der Waals surface area contributed by atoms with Gasteiger partial charge < -0.3 is 24.6 Å². The van der Waals surface area contributed by atoms with Crippen LogP contribution in [0.2, 0.25) is 5.02 Å². The lowest BCUT2D eigenvalue weighted by Crippen LogP contribution is -2.51. The van der Waals surface area contributed by atoms with E-state index in [1.165, 1.54) is 37.5 Å². The van der Waals surface area contributed by atoms with Gasteiger partial charge in [0.15, 0.2) is 11.5 Å². The smallest absolute Gasteiger partial charge is 0.387 e. The van der Waals surface area contributed by atoms with Crippen LogP contribution in [0.15, 0.2) is 48.5 Å². The van der Waals surface area contributed by atoms with E-state index in [-0.39, 0.29) is 24.0 Å². The van der Waals surface area contributed by atoms with Crippen molar-refractivity contribution in [3.8, 4) is 11.5 Å². The number of amides is 2. The van der Waals surface area contributed by atoms with E-state index in [9.17, 15) is 18.4 Å². The quantitative estimate of drug-likeness (QED) is 0.587. The number of anilines is 1. The van der Waals surface area contributed by atoms with Gasteiger partial charge in [0.05, 0.1) is 13.7 Å². The molecule has 0 aliphatic carbocycles. The summed E-state index contributed by atoms with van der Waals surface area (Å²) in [6.07, 6.45) is 2.74. The highest BCUT2D eigenvalue weighted by Crippen LogP contribution is 2.29. The Morgan fingerprint density at radius 3 is 2.55 bits per heavy atom. The Morgan fingerprint density at radius 1 is 1.12 bits per heavy atom. The lowest BCUT2D eigenvalue weighted by Gasteiger charge is -2.36. The first-order chi connectivity index (χ1) is 15.9. The number of halogens is 3. The van der Waals surface area contributed by atoms with Gasteiger partial charge in [0.2, 0.25) is 11.8 Å². The van der Waals surface area contributed by atoms with Gasteiger partial charge in [-0.2, -0.15) is 8.78 Å². The molecule has 2 aromatic rings. The molecule has 0 atom stereocenters. The molecule has 2 amide bonds. The minimum absolute atomic E-state index is 0.102. The van der Waals surface area contributed by atoms with Crippen molar-refractivity contribution in [1.82, 2.24) is 10.2 Å². The first-order valence-corrected chi connectivity index (χ1v) is 10.6. The van der Waals surface area contributed by atoms with E-state index < -0.39 is 12.5 Å². The SMILES string of the molecule is COc1cc(/C=C/C(=O)NCC(=O)N2CCN(c3cccc(Cl)c3)CC2)ccc1OC(F)F. The number of methoxy groups -OCH3 is 1. The highest BCUT2D eigenvalue weighted by Gasteiger charge is 2.21. The molecule has 33 heavy (non-hydrogen) atoms. The van der Waals surface area contributed by atoms with Crippen molar-refractivity contribution in [1.29, 1.82) is 0 Å². The number of carbonyl (C=O) groups excluding carboxylic acids is 2. The molecule has 176 valence electrons. The topological polar surface area (TPSA) is 71.1 Å². The number of benzene rings is 2. The van der Waals surface area contributed by atoms with Crippen LogP contribution in [0.5, 0.6) is 11.5 Å². The molecule has 1 saturated heterocycles. The molecule has 2 aromatic carbocycles. The van der Waals surface area contributed by atoms with Crippen LogP contribution in [0.1, 0.15) is 5.56 Å². The van der Waals surface area contributed by atoms with Crippen molar-refractivity contribution in [3.63, 3.8) is 0 Å². The molecule has 0 radical (unpaired) electrons. The fraction of sp³-hybridized carbons (Fsp3) is 0.304. The number of hydrogen-bond donors (Lipinski definition) is 1. The molecule has 0 unspecified atom stereocenters. The Morgan fingerprint density at radius 2 is 1.88 bits per heavy atom. The van der Waals surface area contributed by atoms with Crippen molar-refractivity contribution in [2.24, 2.45) is 0 Å². The molecule has 7 nitrogen and oxygen atoms in total. The van der Waals surface area contributed by atoms with Crippen LogP contribution in [-0.4, -0.2) is 63.2 Å². The van der Waals surface area contributed by atoms with Gasteiger partial charge in [0.1, 0.15) is 0 Å². The standard InChI is InChI=1S/C23H24ClF2N3O4/c1-32-20-13-16(5-7-19(20)33-23(25)26)6-8-21(30)27-15-22(31)29-11-9-28(10-12-29)18-4-2-3-17(24)14-18/h2-8,13-14,23H,9-12,15H2,1H3,(H,27,30)/b8-6+. The molecule has 1 aliphatic heterocycles. The second kappa shape index (κ2) is 11.5. The maximum Gasteiger partial charge on any atom is 0.387 e. The predicted molar refractivity (Wildman–Crippen MR) is 122 cm³/mol. The molecule has 0 saturated carbocycles. The lowest BCUT2D eigenvalue weighted by atomic mass is 10.2. The van der Waals surface area contributed by atoms with Crippen molar-refractivity contribution in [2.75, 3.05) is 44.7 Å². The zero-order chi connectivity index (χ0) is 23.8. The van der Waals surface area contributed by atoms with E-state index in [1.54, 1.807) is 4.90 Å². The van der Waals surface area contributed by atoms with Gasteiger partial charge in [-0.05, 0) is 42.0 Å². The third-order valence-corrected chi connectivity index (χ3v) is 5.29. The molecule has 1 aliphatic rings. The number of piperazine rings is 1. The van der Waals surface area contributed by atoms with Crippen molar-refractivity contribution >= 4 is 35.2 Å². The summed E-state index contributed by atoms with van der Waals surface area (Å²) in [5.74, 6) is -0.606. The first kappa shape index (κ1) is 24.3. The molecule has 3 rings (SSSR count). The normalized spacial score (nSPS) is 14.0. The highest BCUT2D eigenvalue weighted by atomic mass is 35.5. The van der Waals surface area contributed by atoms with Gasteiger partial charge in [0, 0.05) is 43.0 Å². The van der Waals surface area contributed by atoms with Crippen LogP contribution >= 0.6 is 11.6 Å². The van der Waals surface area contributed by atoms with Crippen LogP contribution < -0.4 is 19.7 Å². The Kier molecular flexibility index (Phi) is 8.48. The number of ether oxygens (including phenoxy) is 2. The van der Waals surface area contributed by atoms with Gasteiger partial charge in [-0.3, -0.25) is 9.59 Å². The van der Waals surface area contributed by atoms with Crippen molar-refractivity contribution in [3.05, 3.63) is 59.1 Å². The maximum absolute atomic E-state index is 12.4. The minimum atomic E-state index is -2.97. The molecule has 0 spiro atoms. The van der Waals surface area contributed by atoms with Gasteiger partial charge >= 0.3 is 6.61 Å². The first-order valence-electron chi connectivity index (χ1n) is 10.2. The van der Waals surface area contributed by atoms with E-state index in [4.69, 9.17) is 16.3 Å².